The topological polar surface area (TPSA) is 24.4 Å². The fraction of sp³-hybridized carbons (Fsp3) is 0.133. The molecule has 19 heavy (non-hydrogen) atoms. The predicted molar refractivity (Wildman–Crippen MR) is 73.4 cm³/mol. The van der Waals surface area contributed by atoms with Gasteiger partial charge in [0.1, 0.15) is 11.6 Å². The second-order valence-corrected chi connectivity index (χ2v) is 4.30. The van der Waals surface area contributed by atoms with Crippen molar-refractivity contribution in [2.75, 3.05) is 5.43 Å². The van der Waals surface area contributed by atoms with Gasteiger partial charge >= 0.3 is 0 Å². The van der Waals surface area contributed by atoms with Crippen molar-refractivity contribution in [2.24, 2.45) is 5.10 Å². The number of aryl methyl sites for hydroxylation is 1. The van der Waals surface area contributed by atoms with Crippen molar-refractivity contribution >= 4 is 11.4 Å². The fourth-order valence-electron chi connectivity index (χ4n) is 1.70. The Hall–Kier alpha value is -2.23. The molecule has 0 bridgehead atoms. The molecular formula is C15H14F2N2. The van der Waals surface area contributed by atoms with E-state index < -0.39 is 11.6 Å². The molecule has 0 amide bonds. The molecule has 2 nitrogen and oxygen atoms in total. The molecule has 0 atom stereocenters. The zero-order chi connectivity index (χ0) is 13.8. The summed E-state index contributed by atoms with van der Waals surface area (Å²) in [5, 5.41) is 4.07. The first kappa shape index (κ1) is 13.2. The van der Waals surface area contributed by atoms with Crippen molar-refractivity contribution in [3.8, 4) is 0 Å². The van der Waals surface area contributed by atoms with Gasteiger partial charge in [0.15, 0.2) is 0 Å². The van der Waals surface area contributed by atoms with Gasteiger partial charge in [0.05, 0.1) is 11.4 Å². The minimum Gasteiger partial charge on any atom is -0.278 e. The summed E-state index contributed by atoms with van der Waals surface area (Å²) >= 11 is 0. The van der Waals surface area contributed by atoms with Crippen LogP contribution in [0.15, 0.2) is 47.6 Å². The summed E-state index contributed by atoms with van der Waals surface area (Å²) in [6.07, 6.45) is 0. The van der Waals surface area contributed by atoms with Gasteiger partial charge in [-0.05, 0) is 49.7 Å². The molecule has 98 valence electrons. The van der Waals surface area contributed by atoms with Gasteiger partial charge in [0.25, 0.3) is 0 Å². The average molecular weight is 260 g/mol. The van der Waals surface area contributed by atoms with E-state index in [-0.39, 0.29) is 5.56 Å². The molecule has 2 rings (SSSR count). The number of halogens is 2. The van der Waals surface area contributed by atoms with Crippen molar-refractivity contribution in [1.29, 1.82) is 0 Å². The van der Waals surface area contributed by atoms with Crippen LogP contribution < -0.4 is 5.43 Å². The van der Waals surface area contributed by atoms with E-state index in [9.17, 15) is 8.78 Å². The lowest BCUT2D eigenvalue weighted by atomic mass is 10.1. The highest BCUT2D eigenvalue weighted by Crippen LogP contribution is 2.13. The number of nitrogens with zero attached hydrogens (tertiary/aromatic N) is 1. The van der Waals surface area contributed by atoms with Crippen molar-refractivity contribution < 1.29 is 8.78 Å². The first-order valence-corrected chi connectivity index (χ1v) is 5.88. The van der Waals surface area contributed by atoms with Crippen LogP contribution in [0, 0.1) is 18.6 Å². The van der Waals surface area contributed by atoms with Gasteiger partial charge in [-0.2, -0.15) is 5.10 Å². The standard InChI is InChI=1S/C15H14F2N2/c1-10-4-3-5-13(8-10)19-18-11(2)14-9-12(16)6-7-15(14)17/h3-9,19H,1-2H3/b18-11-. The molecule has 1 N–H and O–H groups in total. The summed E-state index contributed by atoms with van der Waals surface area (Å²) in [5.41, 5.74) is 5.26. The van der Waals surface area contributed by atoms with Gasteiger partial charge in [-0.25, -0.2) is 8.78 Å². The summed E-state index contributed by atoms with van der Waals surface area (Å²) in [5.74, 6) is -0.977. The van der Waals surface area contributed by atoms with Crippen LogP contribution >= 0.6 is 0 Å². The van der Waals surface area contributed by atoms with Crippen LogP contribution in [-0.4, -0.2) is 5.71 Å². The molecule has 0 heterocycles. The van der Waals surface area contributed by atoms with Crippen LogP contribution in [0.1, 0.15) is 18.1 Å². The van der Waals surface area contributed by atoms with Crippen LogP contribution in [0.3, 0.4) is 0 Å². The second-order valence-electron chi connectivity index (χ2n) is 4.30. The summed E-state index contributed by atoms with van der Waals surface area (Å²) in [4.78, 5) is 0. The van der Waals surface area contributed by atoms with Crippen molar-refractivity contribution in [3.05, 3.63) is 65.2 Å². The van der Waals surface area contributed by atoms with Gasteiger partial charge in [0, 0.05) is 5.56 Å². The highest BCUT2D eigenvalue weighted by molar-refractivity contribution is 5.99. The Morgan fingerprint density at radius 1 is 1.11 bits per heavy atom. The van der Waals surface area contributed by atoms with E-state index in [4.69, 9.17) is 0 Å². The maximum absolute atomic E-state index is 13.5. The van der Waals surface area contributed by atoms with Crippen LogP contribution in [0.5, 0.6) is 0 Å². The van der Waals surface area contributed by atoms with E-state index in [1.165, 1.54) is 0 Å². The van der Waals surface area contributed by atoms with Gasteiger partial charge in [-0.15, -0.1) is 0 Å². The predicted octanol–water partition coefficient (Wildman–Crippen LogP) is 4.11. The van der Waals surface area contributed by atoms with E-state index in [2.05, 4.69) is 10.5 Å². The molecule has 0 radical (unpaired) electrons. The zero-order valence-corrected chi connectivity index (χ0v) is 10.7. The Morgan fingerprint density at radius 2 is 1.89 bits per heavy atom. The first-order valence-electron chi connectivity index (χ1n) is 5.88. The third-order valence-corrected chi connectivity index (χ3v) is 2.69. The van der Waals surface area contributed by atoms with Gasteiger partial charge in [-0.1, -0.05) is 12.1 Å². The third-order valence-electron chi connectivity index (χ3n) is 2.69. The van der Waals surface area contributed by atoms with Gasteiger partial charge in [-0.3, -0.25) is 5.43 Å². The maximum Gasteiger partial charge on any atom is 0.132 e. The molecule has 0 fully saturated rings. The number of hydrazone groups is 1. The Morgan fingerprint density at radius 3 is 2.63 bits per heavy atom. The summed E-state index contributed by atoms with van der Waals surface area (Å²) in [6, 6.07) is 10.9. The molecule has 0 spiro atoms. The van der Waals surface area contributed by atoms with Gasteiger partial charge in [0.2, 0.25) is 0 Å². The summed E-state index contributed by atoms with van der Waals surface area (Å²) in [6.45, 7) is 3.59. The number of anilines is 1. The fourth-order valence-corrected chi connectivity index (χ4v) is 1.70. The summed E-state index contributed by atoms with van der Waals surface area (Å²) < 4.78 is 26.6. The first-order chi connectivity index (χ1) is 9.06. The smallest absolute Gasteiger partial charge is 0.132 e. The lowest BCUT2D eigenvalue weighted by Crippen LogP contribution is -2.03. The minimum absolute atomic E-state index is 0.153. The SMILES string of the molecule is C/C(=N/Nc1cccc(C)c1)c1cc(F)ccc1F. The van der Waals surface area contributed by atoms with E-state index in [0.29, 0.717) is 5.71 Å². The van der Waals surface area contributed by atoms with Crippen LogP contribution in [-0.2, 0) is 0 Å². The molecule has 0 aliphatic rings. The molecule has 2 aromatic rings. The molecular weight excluding hydrogens is 246 g/mol. The Bertz CT molecular complexity index is 621. The molecule has 0 unspecified atom stereocenters. The van der Waals surface area contributed by atoms with E-state index >= 15 is 0 Å². The van der Waals surface area contributed by atoms with E-state index in [1.807, 2.05) is 31.2 Å². The number of hydrogen-bond acceptors (Lipinski definition) is 2. The lowest BCUT2D eigenvalue weighted by Gasteiger charge is -2.05. The van der Waals surface area contributed by atoms with E-state index in [1.54, 1.807) is 6.92 Å². The van der Waals surface area contributed by atoms with Crippen LogP contribution in [0.4, 0.5) is 14.5 Å². The van der Waals surface area contributed by atoms with E-state index in [0.717, 1.165) is 29.4 Å². The maximum atomic E-state index is 13.5. The molecule has 4 heteroatoms. The minimum atomic E-state index is -0.492. The Kier molecular flexibility index (Phi) is 3.90. The highest BCUT2D eigenvalue weighted by atomic mass is 19.1. The average Bonchev–Trinajstić information content (AvgIpc) is 2.39. The Balaban J connectivity index is 2.21. The molecule has 0 saturated carbocycles. The summed E-state index contributed by atoms with van der Waals surface area (Å²) in [7, 11) is 0. The quantitative estimate of drug-likeness (QED) is 0.651. The molecule has 0 aliphatic heterocycles. The highest BCUT2D eigenvalue weighted by Gasteiger charge is 2.06. The van der Waals surface area contributed by atoms with Crippen LogP contribution in [0.2, 0.25) is 0 Å². The molecule has 0 aromatic heterocycles. The third kappa shape index (κ3) is 3.37. The second kappa shape index (κ2) is 5.61. The molecule has 2 aromatic carbocycles. The molecule has 0 aliphatic carbocycles. The van der Waals surface area contributed by atoms with Crippen LogP contribution in [0.25, 0.3) is 0 Å². The zero-order valence-electron chi connectivity index (χ0n) is 10.7. The lowest BCUT2D eigenvalue weighted by molar-refractivity contribution is 0.598. The normalized spacial score (nSPS) is 11.5. The number of rotatable bonds is 3. The molecule has 0 saturated heterocycles. The van der Waals surface area contributed by atoms with Gasteiger partial charge < -0.3 is 0 Å². The Labute approximate surface area is 110 Å². The van der Waals surface area contributed by atoms with Crippen molar-refractivity contribution in [3.63, 3.8) is 0 Å². The number of nitrogens with one attached hydrogen (secondary N) is 1. The monoisotopic (exact) mass is 260 g/mol. The van der Waals surface area contributed by atoms with Crippen molar-refractivity contribution in [1.82, 2.24) is 0 Å². The largest absolute Gasteiger partial charge is 0.278 e. The number of benzene rings is 2. The number of hydrogen-bond donors (Lipinski definition) is 1. The van der Waals surface area contributed by atoms with Crippen molar-refractivity contribution in [2.45, 2.75) is 13.8 Å².